The molecule has 0 amide bonds. The van der Waals surface area contributed by atoms with E-state index in [1.165, 1.54) is 12.8 Å². The van der Waals surface area contributed by atoms with E-state index in [0.29, 0.717) is 18.8 Å². The molecule has 0 aromatic heterocycles. The number of ketones is 1. The predicted molar refractivity (Wildman–Crippen MR) is 97.4 cm³/mol. The molecule has 24 heavy (non-hydrogen) atoms. The van der Waals surface area contributed by atoms with Gasteiger partial charge in [-0.15, -0.1) is 0 Å². The maximum Gasteiger partial charge on any atom is 0.170 e. The molecule has 0 radical (unpaired) electrons. The van der Waals surface area contributed by atoms with E-state index in [0.717, 1.165) is 36.3 Å². The van der Waals surface area contributed by atoms with Crippen LogP contribution in [0.25, 0.3) is 0 Å². The lowest BCUT2D eigenvalue weighted by Crippen LogP contribution is -2.36. The quantitative estimate of drug-likeness (QED) is 0.671. The number of nitrogens with zero attached hydrogens (tertiary/aromatic N) is 1. The Morgan fingerprint density at radius 1 is 1.25 bits per heavy atom. The summed E-state index contributed by atoms with van der Waals surface area (Å²) in [7, 11) is 4.05. The van der Waals surface area contributed by atoms with Gasteiger partial charge in [-0.2, -0.15) is 0 Å². The van der Waals surface area contributed by atoms with E-state index in [1.807, 2.05) is 40.1 Å². The highest BCUT2D eigenvalue weighted by atomic mass is 16.5. The van der Waals surface area contributed by atoms with Crippen LogP contribution in [0.2, 0.25) is 0 Å². The van der Waals surface area contributed by atoms with Crippen molar-refractivity contribution in [1.82, 2.24) is 4.90 Å². The molecule has 0 saturated carbocycles. The second-order valence-electron chi connectivity index (χ2n) is 7.53. The zero-order chi connectivity index (χ0) is 17.7. The van der Waals surface area contributed by atoms with Crippen LogP contribution in [0.1, 0.15) is 62.4 Å². The number of likely N-dealkylation sites (N-methyl/N-ethyl adjacent to an activating group) is 1. The summed E-state index contributed by atoms with van der Waals surface area (Å²) >= 11 is 0. The van der Waals surface area contributed by atoms with E-state index in [-0.39, 0.29) is 5.78 Å². The average molecular weight is 333 g/mol. The van der Waals surface area contributed by atoms with Crippen molar-refractivity contribution in [2.45, 2.75) is 58.5 Å². The first-order valence-electron chi connectivity index (χ1n) is 8.99. The first-order valence-corrected chi connectivity index (χ1v) is 8.99. The van der Waals surface area contributed by atoms with E-state index in [2.05, 4.69) is 11.8 Å². The number of ether oxygens (including phenoxy) is 2. The lowest BCUT2D eigenvalue weighted by atomic mass is 9.88. The van der Waals surface area contributed by atoms with E-state index >= 15 is 0 Å². The molecule has 0 bridgehead atoms. The minimum absolute atomic E-state index is 0.188. The molecule has 4 heteroatoms. The van der Waals surface area contributed by atoms with Crippen molar-refractivity contribution in [3.8, 4) is 11.5 Å². The maximum absolute atomic E-state index is 12.6. The molecule has 0 spiro atoms. The zero-order valence-corrected chi connectivity index (χ0v) is 15.8. The largest absolute Gasteiger partial charge is 0.492 e. The third kappa shape index (κ3) is 4.97. The highest BCUT2D eigenvalue weighted by Gasteiger charge is 2.34. The molecule has 0 aliphatic carbocycles. The number of hydrogen-bond acceptors (Lipinski definition) is 4. The highest BCUT2D eigenvalue weighted by molar-refractivity contribution is 6.02. The molecule has 1 aromatic rings. The first-order chi connectivity index (χ1) is 11.3. The van der Waals surface area contributed by atoms with Gasteiger partial charge in [-0.25, -0.2) is 0 Å². The second kappa shape index (κ2) is 8.02. The molecule has 1 aliphatic rings. The number of unbranched alkanes of at least 4 members (excludes halogenated alkanes) is 2. The summed E-state index contributed by atoms with van der Waals surface area (Å²) in [4.78, 5) is 14.7. The lowest BCUT2D eigenvalue weighted by molar-refractivity contribution is 0.0616. The Kier molecular flexibility index (Phi) is 6.27. The zero-order valence-electron chi connectivity index (χ0n) is 15.8. The predicted octanol–water partition coefficient (Wildman–Crippen LogP) is 4.10. The van der Waals surface area contributed by atoms with Crippen LogP contribution in [-0.4, -0.2) is 43.5 Å². The van der Waals surface area contributed by atoms with Crippen LogP contribution >= 0.6 is 0 Å². The minimum atomic E-state index is -0.451. The van der Waals surface area contributed by atoms with Gasteiger partial charge in [0, 0.05) is 12.6 Å². The van der Waals surface area contributed by atoms with Gasteiger partial charge < -0.3 is 14.4 Å². The summed E-state index contributed by atoms with van der Waals surface area (Å²) in [5.41, 5.74) is 1.39. The van der Waals surface area contributed by atoms with Gasteiger partial charge in [-0.1, -0.05) is 19.8 Å². The average Bonchev–Trinajstić information content (AvgIpc) is 2.45. The Balaban J connectivity index is 2.27. The number of rotatable bonds is 8. The third-order valence-corrected chi connectivity index (χ3v) is 4.27. The van der Waals surface area contributed by atoms with Gasteiger partial charge in [0.2, 0.25) is 0 Å². The summed E-state index contributed by atoms with van der Waals surface area (Å²) in [6.07, 6.45) is 4.75. The normalized spacial score (nSPS) is 16.0. The number of carbonyl (C=O) groups excluding carboxylic acids is 1. The van der Waals surface area contributed by atoms with Crippen LogP contribution < -0.4 is 9.47 Å². The molecule has 1 aliphatic heterocycles. The Morgan fingerprint density at radius 3 is 2.67 bits per heavy atom. The first kappa shape index (κ1) is 18.8. The van der Waals surface area contributed by atoms with E-state index in [1.54, 1.807) is 0 Å². The van der Waals surface area contributed by atoms with Crippen molar-refractivity contribution in [2.75, 3.05) is 27.2 Å². The Bertz CT molecular complexity index is 578. The fraction of sp³-hybridized carbons (Fsp3) is 0.650. The van der Waals surface area contributed by atoms with Gasteiger partial charge in [0.25, 0.3) is 0 Å². The molecule has 0 fully saturated rings. The van der Waals surface area contributed by atoms with Gasteiger partial charge in [-0.3, -0.25) is 4.79 Å². The number of benzene rings is 1. The van der Waals surface area contributed by atoms with Crippen LogP contribution in [-0.2, 0) is 6.42 Å². The van der Waals surface area contributed by atoms with Gasteiger partial charge >= 0.3 is 0 Å². The van der Waals surface area contributed by atoms with Crippen molar-refractivity contribution in [2.24, 2.45) is 0 Å². The van der Waals surface area contributed by atoms with Crippen LogP contribution in [0.3, 0.4) is 0 Å². The van der Waals surface area contributed by atoms with E-state index in [9.17, 15) is 4.79 Å². The van der Waals surface area contributed by atoms with Gasteiger partial charge in [-0.05, 0) is 52.4 Å². The van der Waals surface area contributed by atoms with Crippen molar-refractivity contribution in [3.05, 3.63) is 23.3 Å². The maximum atomic E-state index is 12.6. The molecular formula is C20H31NO3. The number of Topliss-reactive ketones (excluding diaryl/α,β-unsaturated/α-hetero) is 1. The standard InChI is InChI=1S/C20H31NO3/c1-6-7-8-9-15-12-16(23-11-10-21(4)5)13-18-19(15)17(22)14-20(2,3)24-18/h12-13H,6-11,14H2,1-5H3. The van der Waals surface area contributed by atoms with Crippen molar-refractivity contribution < 1.29 is 14.3 Å². The number of fused-ring (bicyclic) bond motifs is 1. The highest BCUT2D eigenvalue weighted by Crippen LogP contribution is 2.38. The topological polar surface area (TPSA) is 38.8 Å². The van der Waals surface area contributed by atoms with Gasteiger partial charge in [0.05, 0.1) is 12.0 Å². The summed E-state index contributed by atoms with van der Waals surface area (Å²) in [5, 5.41) is 0. The van der Waals surface area contributed by atoms with Crippen LogP contribution in [0.4, 0.5) is 0 Å². The van der Waals surface area contributed by atoms with Crippen LogP contribution in [0.15, 0.2) is 12.1 Å². The number of hydrogen-bond donors (Lipinski definition) is 0. The molecule has 2 rings (SSSR count). The molecule has 1 aromatic carbocycles. The monoisotopic (exact) mass is 333 g/mol. The molecule has 0 saturated heterocycles. The Labute approximate surface area is 146 Å². The molecule has 0 N–H and O–H groups in total. The second-order valence-corrected chi connectivity index (χ2v) is 7.53. The Morgan fingerprint density at radius 2 is 2.00 bits per heavy atom. The summed E-state index contributed by atoms with van der Waals surface area (Å²) in [6.45, 7) is 7.59. The Hall–Kier alpha value is -1.55. The third-order valence-electron chi connectivity index (χ3n) is 4.27. The van der Waals surface area contributed by atoms with E-state index < -0.39 is 5.60 Å². The van der Waals surface area contributed by atoms with Crippen molar-refractivity contribution in [3.63, 3.8) is 0 Å². The smallest absolute Gasteiger partial charge is 0.170 e. The fourth-order valence-corrected chi connectivity index (χ4v) is 3.04. The SMILES string of the molecule is CCCCCc1cc(OCCN(C)C)cc2c1C(=O)CC(C)(C)O2. The van der Waals surface area contributed by atoms with Gasteiger partial charge in [0.1, 0.15) is 23.7 Å². The summed E-state index contributed by atoms with van der Waals surface area (Å²) in [5.74, 6) is 1.67. The van der Waals surface area contributed by atoms with E-state index in [4.69, 9.17) is 9.47 Å². The van der Waals surface area contributed by atoms with Crippen LogP contribution in [0, 0.1) is 0 Å². The number of aryl methyl sites for hydroxylation is 1. The van der Waals surface area contributed by atoms with Crippen LogP contribution in [0.5, 0.6) is 11.5 Å². The minimum Gasteiger partial charge on any atom is -0.492 e. The van der Waals surface area contributed by atoms with Crippen molar-refractivity contribution in [1.29, 1.82) is 0 Å². The molecule has 134 valence electrons. The molecule has 4 nitrogen and oxygen atoms in total. The summed E-state index contributed by atoms with van der Waals surface area (Å²) in [6, 6.07) is 3.91. The van der Waals surface area contributed by atoms with Crippen molar-refractivity contribution >= 4 is 5.78 Å². The van der Waals surface area contributed by atoms with Gasteiger partial charge in [0.15, 0.2) is 5.78 Å². The fourth-order valence-electron chi connectivity index (χ4n) is 3.04. The molecular weight excluding hydrogens is 302 g/mol. The number of carbonyl (C=O) groups is 1. The molecule has 0 atom stereocenters. The lowest BCUT2D eigenvalue weighted by Gasteiger charge is -2.33. The summed E-state index contributed by atoms with van der Waals surface area (Å²) < 4.78 is 12.0. The molecule has 0 unspecified atom stereocenters. The molecule has 1 heterocycles.